The SMILES string of the molecule is O=C1CC(=O)C(CC(=O)C(O)C(O)C(O)C(O)CO)C(=O)C1=O. The third-order valence-electron chi connectivity index (χ3n) is 3.51. The van der Waals surface area contributed by atoms with Crippen molar-refractivity contribution >= 4 is 28.9 Å². The van der Waals surface area contributed by atoms with E-state index >= 15 is 0 Å². The summed E-state index contributed by atoms with van der Waals surface area (Å²) in [5.74, 6) is -7.87. The smallest absolute Gasteiger partial charge is 0.265 e. The summed E-state index contributed by atoms with van der Waals surface area (Å²) in [7, 11) is 0. The highest BCUT2D eigenvalue weighted by Gasteiger charge is 2.44. The molecule has 0 aromatic heterocycles. The van der Waals surface area contributed by atoms with Gasteiger partial charge in [-0.25, -0.2) is 0 Å². The van der Waals surface area contributed by atoms with Crippen LogP contribution in [0.2, 0.25) is 0 Å². The Balaban J connectivity index is 2.78. The maximum Gasteiger partial charge on any atom is 0.265 e. The highest BCUT2D eigenvalue weighted by molar-refractivity contribution is 6.69. The zero-order chi connectivity index (χ0) is 17.9. The zero-order valence-corrected chi connectivity index (χ0v) is 11.8. The van der Waals surface area contributed by atoms with Crippen molar-refractivity contribution in [3.05, 3.63) is 0 Å². The summed E-state index contributed by atoms with van der Waals surface area (Å²) in [5, 5.41) is 46.2. The first-order chi connectivity index (χ1) is 10.6. The van der Waals surface area contributed by atoms with Crippen molar-refractivity contribution in [2.24, 2.45) is 5.92 Å². The van der Waals surface area contributed by atoms with Crippen molar-refractivity contribution in [3.63, 3.8) is 0 Å². The summed E-state index contributed by atoms with van der Waals surface area (Å²) in [6.07, 6.45) is -10.1. The fourth-order valence-electron chi connectivity index (χ4n) is 2.04. The number of hydrogen-bond donors (Lipinski definition) is 5. The number of carbonyl (C=O) groups is 5. The Hall–Kier alpha value is -1.85. The summed E-state index contributed by atoms with van der Waals surface area (Å²) >= 11 is 0. The third kappa shape index (κ3) is 4.12. The normalized spacial score (nSPS) is 24.3. The molecule has 0 radical (unpaired) electrons. The molecule has 1 aliphatic rings. The first kappa shape index (κ1) is 19.2. The highest BCUT2D eigenvalue weighted by atomic mass is 16.4. The van der Waals surface area contributed by atoms with Crippen molar-refractivity contribution in [3.8, 4) is 0 Å². The molecule has 0 aromatic rings. The second-order valence-corrected chi connectivity index (χ2v) is 5.16. The molecule has 0 aliphatic heterocycles. The molecule has 0 bridgehead atoms. The van der Waals surface area contributed by atoms with E-state index in [4.69, 9.17) is 10.2 Å². The zero-order valence-electron chi connectivity index (χ0n) is 11.8. The lowest BCUT2D eigenvalue weighted by molar-refractivity contribution is -0.155. The summed E-state index contributed by atoms with van der Waals surface area (Å²) in [6.45, 7) is -0.949. The van der Waals surface area contributed by atoms with Crippen LogP contribution in [0.1, 0.15) is 12.8 Å². The van der Waals surface area contributed by atoms with Gasteiger partial charge in [0.1, 0.15) is 24.4 Å². The molecular formula is C13H16O10. The Labute approximate surface area is 129 Å². The molecule has 5 unspecified atom stereocenters. The van der Waals surface area contributed by atoms with Gasteiger partial charge in [0.15, 0.2) is 11.6 Å². The van der Waals surface area contributed by atoms with Crippen molar-refractivity contribution < 1.29 is 49.5 Å². The number of ketones is 5. The minimum atomic E-state index is -2.26. The molecule has 1 aliphatic carbocycles. The average molecular weight is 332 g/mol. The van der Waals surface area contributed by atoms with Crippen LogP contribution in [0.3, 0.4) is 0 Å². The van der Waals surface area contributed by atoms with Gasteiger partial charge in [-0.1, -0.05) is 0 Å². The molecular weight excluding hydrogens is 316 g/mol. The van der Waals surface area contributed by atoms with Gasteiger partial charge in [0.25, 0.3) is 5.78 Å². The third-order valence-corrected chi connectivity index (χ3v) is 3.51. The fraction of sp³-hybridized carbons (Fsp3) is 0.615. The lowest BCUT2D eigenvalue weighted by atomic mass is 9.81. The van der Waals surface area contributed by atoms with Crippen LogP contribution < -0.4 is 0 Å². The minimum absolute atomic E-state index is 0.826. The van der Waals surface area contributed by atoms with Crippen LogP contribution in [0, 0.1) is 5.92 Å². The van der Waals surface area contributed by atoms with Crippen LogP contribution in [0.4, 0.5) is 0 Å². The molecule has 128 valence electrons. The molecule has 0 amide bonds. The van der Waals surface area contributed by atoms with Gasteiger partial charge in [-0.3, -0.25) is 24.0 Å². The van der Waals surface area contributed by atoms with E-state index in [1.54, 1.807) is 0 Å². The van der Waals surface area contributed by atoms with Gasteiger partial charge >= 0.3 is 0 Å². The van der Waals surface area contributed by atoms with Crippen LogP contribution in [0.5, 0.6) is 0 Å². The molecule has 1 rings (SSSR count). The van der Waals surface area contributed by atoms with Gasteiger partial charge in [0.2, 0.25) is 11.6 Å². The molecule has 0 heterocycles. The maximum absolute atomic E-state index is 11.8. The van der Waals surface area contributed by atoms with Gasteiger partial charge in [0, 0.05) is 6.42 Å². The topological polar surface area (TPSA) is 186 Å². The summed E-state index contributed by atoms with van der Waals surface area (Å²) in [6, 6.07) is 0. The lowest BCUT2D eigenvalue weighted by Gasteiger charge is -2.26. The number of hydrogen-bond acceptors (Lipinski definition) is 10. The molecule has 1 saturated carbocycles. The number of rotatable bonds is 7. The van der Waals surface area contributed by atoms with Crippen LogP contribution >= 0.6 is 0 Å². The summed E-state index contributed by atoms with van der Waals surface area (Å²) in [4.78, 5) is 57.2. The van der Waals surface area contributed by atoms with Gasteiger partial charge in [-0.15, -0.1) is 0 Å². The Morgan fingerprint density at radius 1 is 1.04 bits per heavy atom. The summed E-state index contributed by atoms with van der Waals surface area (Å²) < 4.78 is 0. The van der Waals surface area contributed by atoms with E-state index in [1.807, 2.05) is 0 Å². The molecule has 0 saturated heterocycles. The van der Waals surface area contributed by atoms with Gasteiger partial charge < -0.3 is 25.5 Å². The van der Waals surface area contributed by atoms with Crippen molar-refractivity contribution in [2.45, 2.75) is 37.3 Å². The molecule has 0 spiro atoms. The Morgan fingerprint density at radius 3 is 2.13 bits per heavy atom. The standard InChI is InChI=1S/C13H16O10/c14-3-8(18)12(22)13(23)11(21)6(16)1-4-5(15)2-7(17)10(20)9(4)19/h4,8,11-14,18,21-23H,1-3H2. The van der Waals surface area contributed by atoms with Gasteiger partial charge in [-0.05, 0) is 0 Å². The first-order valence-electron chi connectivity index (χ1n) is 6.61. The largest absolute Gasteiger partial charge is 0.394 e. The molecule has 5 atom stereocenters. The van der Waals surface area contributed by atoms with E-state index in [0.29, 0.717) is 0 Å². The van der Waals surface area contributed by atoms with Gasteiger partial charge in [0.05, 0.1) is 18.9 Å². The van der Waals surface area contributed by atoms with Crippen LogP contribution in [-0.2, 0) is 24.0 Å². The Bertz CT molecular complexity index is 539. The van der Waals surface area contributed by atoms with Crippen LogP contribution in [-0.4, -0.2) is 85.5 Å². The summed E-state index contributed by atoms with van der Waals surface area (Å²) in [5.41, 5.74) is 0. The van der Waals surface area contributed by atoms with E-state index in [9.17, 15) is 39.3 Å². The predicted octanol–water partition coefficient (Wildman–Crippen LogP) is -4.32. The number of aliphatic hydroxyl groups is 5. The minimum Gasteiger partial charge on any atom is -0.394 e. The molecule has 5 N–H and O–H groups in total. The molecule has 23 heavy (non-hydrogen) atoms. The second kappa shape index (κ2) is 7.62. The van der Waals surface area contributed by atoms with E-state index in [1.165, 1.54) is 0 Å². The van der Waals surface area contributed by atoms with Crippen molar-refractivity contribution in [2.75, 3.05) is 6.61 Å². The van der Waals surface area contributed by atoms with Crippen LogP contribution in [0.25, 0.3) is 0 Å². The molecule has 0 aromatic carbocycles. The Morgan fingerprint density at radius 2 is 1.61 bits per heavy atom. The quantitative estimate of drug-likeness (QED) is 0.225. The predicted molar refractivity (Wildman–Crippen MR) is 68.9 cm³/mol. The number of Topliss-reactive ketones (excluding diaryl/α,β-unsaturated/α-hetero) is 5. The second-order valence-electron chi connectivity index (χ2n) is 5.16. The van der Waals surface area contributed by atoms with Crippen molar-refractivity contribution in [1.82, 2.24) is 0 Å². The number of carbonyl (C=O) groups excluding carboxylic acids is 5. The maximum atomic E-state index is 11.8. The van der Waals surface area contributed by atoms with E-state index in [0.717, 1.165) is 0 Å². The van der Waals surface area contributed by atoms with Crippen molar-refractivity contribution in [1.29, 1.82) is 0 Å². The van der Waals surface area contributed by atoms with E-state index in [-0.39, 0.29) is 0 Å². The fourth-order valence-corrected chi connectivity index (χ4v) is 2.04. The molecule has 1 fully saturated rings. The first-order valence-corrected chi connectivity index (χ1v) is 6.61. The van der Waals surface area contributed by atoms with E-state index < -0.39 is 78.7 Å². The molecule has 10 heteroatoms. The number of aliphatic hydroxyl groups excluding tert-OH is 5. The monoisotopic (exact) mass is 332 g/mol. The van der Waals surface area contributed by atoms with Crippen LogP contribution in [0.15, 0.2) is 0 Å². The average Bonchev–Trinajstić information content (AvgIpc) is 2.53. The highest BCUT2D eigenvalue weighted by Crippen LogP contribution is 2.19. The Kier molecular flexibility index (Phi) is 6.36. The van der Waals surface area contributed by atoms with E-state index in [2.05, 4.69) is 0 Å². The molecule has 10 nitrogen and oxygen atoms in total. The van der Waals surface area contributed by atoms with Gasteiger partial charge in [-0.2, -0.15) is 0 Å². The lowest BCUT2D eigenvalue weighted by Crippen LogP contribution is -2.50.